The number of piperazine rings is 1. The maximum absolute atomic E-state index is 15.1. The highest BCUT2D eigenvalue weighted by Crippen LogP contribution is 2.31. The number of carboxylic acid groups (broad SMARTS) is 1. The van der Waals surface area contributed by atoms with E-state index in [-0.39, 0.29) is 22.9 Å². The van der Waals surface area contributed by atoms with Gasteiger partial charge in [0.05, 0.1) is 5.39 Å². The fourth-order valence-corrected chi connectivity index (χ4v) is 4.67. The van der Waals surface area contributed by atoms with Crippen LogP contribution in [0, 0.1) is 5.82 Å². The highest BCUT2D eigenvalue weighted by atomic mass is 19.1. The quantitative estimate of drug-likeness (QED) is 0.630. The van der Waals surface area contributed by atoms with Crippen LogP contribution in [0.5, 0.6) is 0 Å². The van der Waals surface area contributed by atoms with E-state index in [9.17, 15) is 14.7 Å². The van der Waals surface area contributed by atoms with E-state index in [1.165, 1.54) is 6.20 Å². The number of anilines is 2. The number of hydrogen-bond donors (Lipinski definition) is 2. The molecule has 32 heavy (non-hydrogen) atoms. The molecule has 0 saturated carbocycles. The Morgan fingerprint density at radius 3 is 2.66 bits per heavy atom. The molecule has 166 valence electrons. The van der Waals surface area contributed by atoms with Gasteiger partial charge in [0.2, 0.25) is 5.43 Å². The third-order valence-electron chi connectivity index (χ3n) is 6.35. The van der Waals surface area contributed by atoms with Crippen LogP contribution in [-0.4, -0.2) is 59.9 Å². The van der Waals surface area contributed by atoms with Crippen LogP contribution >= 0.6 is 0 Å². The Balaban J connectivity index is 1.64. The molecule has 0 radical (unpaired) electrons. The average molecular weight is 437 g/mol. The van der Waals surface area contributed by atoms with Gasteiger partial charge in [0.1, 0.15) is 11.2 Å². The molecule has 2 saturated heterocycles. The van der Waals surface area contributed by atoms with Gasteiger partial charge < -0.3 is 24.8 Å². The summed E-state index contributed by atoms with van der Waals surface area (Å²) in [6.07, 6.45) is 2.24. The maximum atomic E-state index is 15.1. The molecule has 9 heteroatoms. The molecule has 2 aliphatic heterocycles. The van der Waals surface area contributed by atoms with Crippen LogP contribution in [0.2, 0.25) is 0 Å². The number of benzene rings is 1. The van der Waals surface area contributed by atoms with Gasteiger partial charge in [-0.25, -0.2) is 14.2 Å². The van der Waals surface area contributed by atoms with E-state index in [0.29, 0.717) is 19.1 Å². The fraction of sp³-hybridized carbons (Fsp3) is 0.348. The van der Waals surface area contributed by atoms with Crippen molar-refractivity contribution in [2.75, 3.05) is 37.0 Å². The van der Waals surface area contributed by atoms with Gasteiger partial charge in [-0.2, -0.15) is 0 Å². The van der Waals surface area contributed by atoms with Crippen LogP contribution in [0.1, 0.15) is 22.3 Å². The van der Waals surface area contributed by atoms with Gasteiger partial charge in [0.15, 0.2) is 11.6 Å². The first-order valence-corrected chi connectivity index (χ1v) is 10.5. The zero-order chi connectivity index (χ0) is 22.6. The molecular weight excluding hydrogens is 413 g/mol. The highest BCUT2D eigenvalue weighted by Gasteiger charge is 2.39. The molecular formula is C23H24FN5O3. The van der Waals surface area contributed by atoms with Crippen molar-refractivity contribution in [1.82, 2.24) is 14.9 Å². The smallest absolute Gasteiger partial charge is 0.341 e. The van der Waals surface area contributed by atoms with Crippen LogP contribution < -0.4 is 20.5 Å². The standard InChI is InChI=1S/C23H24FN5O3/c1-27(2)15-5-3-13(4-6-15)10-28-12-18(23(31)32)20(30)17-8-19(24)22(26-21(17)28)29-11-14-7-16(29)9-25-14/h3-6,8,12,14,16,25H,7,9-11H2,1-2H3,(H,31,32). The topological polar surface area (TPSA) is 90.7 Å². The van der Waals surface area contributed by atoms with Gasteiger partial charge >= 0.3 is 5.97 Å². The zero-order valence-electron chi connectivity index (χ0n) is 17.9. The van der Waals surface area contributed by atoms with E-state index in [2.05, 4.69) is 10.3 Å². The number of rotatable bonds is 5. The van der Waals surface area contributed by atoms with E-state index >= 15 is 4.39 Å². The van der Waals surface area contributed by atoms with Gasteiger partial charge in [-0.3, -0.25) is 4.79 Å². The SMILES string of the molecule is CN(C)c1ccc(Cn2cc(C(=O)O)c(=O)c3cc(F)c(N4CC5CC4CN5)nc32)cc1. The predicted molar refractivity (Wildman–Crippen MR) is 120 cm³/mol. The van der Waals surface area contributed by atoms with Crippen LogP contribution in [0.25, 0.3) is 11.0 Å². The minimum Gasteiger partial charge on any atom is -0.477 e. The third-order valence-corrected chi connectivity index (χ3v) is 6.35. The van der Waals surface area contributed by atoms with Crippen LogP contribution in [-0.2, 0) is 6.54 Å². The first-order valence-electron chi connectivity index (χ1n) is 10.5. The molecule has 2 unspecified atom stereocenters. The summed E-state index contributed by atoms with van der Waals surface area (Å²) in [5, 5.41) is 12.9. The number of halogens is 1. The predicted octanol–water partition coefficient (Wildman–Crippen LogP) is 1.90. The number of fused-ring (bicyclic) bond motifs is 3. The van der Waals surface area contributed by atoms with Crippen molar-refractivity contribution in [2.45, 2.75) is 25.0 Å². The normalized spacial score (nSPS) is 19.7. The number of nitrogens with one attached hydrogen (secondary N) is 1. The van der Waals surface area contributed by atoms with Gasteiger partial charge in [-0.1, -0.05) is 12.1 Å². The van der Waals surface area contributed by atoms with Gasteiger partial charge in [-0.05, 0) is 30.2 Å². The van der Waals surface area contributed by atoms with E-state index < -0.39 is 22.8 Å². The van der Waals surface area contributed by atoms with Crippen LogP contribution in [0.15, 0.2) is 41.3 Å². The van der Waals surface area contributed by atoms with Crippen molar-refractivity contribution in [3.63, 3.8) is 0 Å². The molecule has 2 aliphatic rings. The largest absolute Gasteiger partial charge is 0.477 e. The number of pyridine rings is 2. The van der Waals surface area contributed by atoms with E-state index in [4.69, 9.17) is 0 Å². The van der Waals surface area contributed by atoms with Crippen molar-refractivity contribution in [3.8, 4) is 0 Å². The minimum atomic E-state index is -1.35. The molecule has 2 aromatic heterocycles. The maximum Gasteiger partial charge on any atom is 0.341 e. The molecule has 8 nitrogen and oxygen atoms in total. The van der Waals surface area contributed by atoms with Crippen molar-refractivity contribution in [3.05, 3.63) is 63.7 Å². The molecule has 2 fully saturated rings. The number of hydrogen-bond acceptors (Lipinski definition) is 6. The molecule has 2 N–H and O–H groups in total. The van der Waals surface area contributed by atoms with Gasteiger partial charge in [0.25, 0.3) is 0 Å². The van der Waals surface area contributed by atoms with Gasteiger partial charge in [-0.15, -0.1) is 0 Å². The van der Waals surface area contributed by atoms with Crippen molar-refractivity contribution < 1.29 is 14.3 Å². The summed E-state index contributed by atoms with van der Waals surface area (Å²) in [7, 11) is 3.90. The van der Waals surface area contributed by atoms with E-state index in [1.807, 2.05) is 48.2 Å². The van der Waals surface area contributed by atoms with E-state index in [1.54, 1.807) is 4.57 Å². The van der Waals surface area contributed by atoms with Crippen molar-refractivity contribution in [1.29, 1.82) is 0 Å². The molecule has 4 heterocycles. The fourth-order valence-electron chi connectivity index (χ4n) is 4.67. The summed E-state index contributed by atoms with van der Waals surface area (Å²) in [4.78, 5) is 33.0. The minimum absolute atomic E-state index is 0.0291. The Labute approximate surface area is 183 Å². The summed E-state index contributed by atoms with van der Waals surface area (Å²) in [5.41, 5.74) is 1.10. The Morgan fingerprint density at radius 1 is 1.31 bits per heavy atom. The number of carbonyl (C=O) groups is 1. The molecule has 5 rings (SSSR count). The lowest BCUT2D eigenvalue weighted by atomic mass is 10.1. The van der Waals surface area contributed by atoms with Gasteiger partial charge in [0, 0.05) is 57.7 Å². The second kappa shape index (κ2) is 7.59. The molecule has 3 aromatic rings. The molecule has 2 bridgehead atoms. The summed E-state index contributed by atoms with van der Waals surface area (Å²) < 4.78 is 16.7. The molecule has 0 amide bonds. The molecule has 0 spiro atoms. The van der Waals surface area contributed by atoms with E-state index in [0.717, 1.165) is 30.3 Å². The zero-order valence-corrected chi connectivity index (χ0v) is 17.9. The van der Waals surface area contributed by atoms with Crippen LogP contribution in [0.3, 0.4) is 0 Å². The second-order valence-electron chi connectivity index (χ2n) is 8.68. The van der Waals surface area contributed by atoms with Crippen LogP contribution in [0.4, 0.5) is 15.9 Å². The summed E-state index contributed by atoms with van der Waals surface area (Å²) in [6.45, 7) is 1.73. The molecule has 0 aliphatic carbocycles. The number of aromatic nitrogens is 2. The summed E-state index contributed by atoms with van der Waals surface area (Å²) in [6, 6.07) is 9.41. The lowest BCUT2D eigenvalue weighted by molar-refractivity contribution is 0.0695. The molecule has 1 aromatic carbocycles. The number of carboxylic acids is 1. The monoisotopic (exact) mass is 437 g/mol. The Morgan fingerprint density at radius 2 is 2.06 bits per heavy atom. The van der Waals surface area contributed by atoms with Crippen molar-refractivity contribution >= 4 is 28.5 Å². The Kier molecular flexibility index (Phi) is 4.85. The second-order valence-corrected chi connectivity index (χ2v) is 8.68. The molecule has 2 atom stereocenters. The number of nitrogens with zero attached hydrogens (tertiary/aromatic N) is 4. The summed E-state index contributed by atoms with van der Waals surface area (Å²) in [5.74, 6) is -1.74. The average Bonchev–Trinajstić information content (AvgIpc) is 3.39. The Hall–Kier alpha value is -3.46. The lowest BCUT2D eigenvalue weighted by Crippen LogP contribution is -2.44. The highest BCUT2D eigenvalue weighted by molar-refractivity contribution is 5.92. The summed E-state index contributed by atoms with van der Waals surface area (Å²) >= 11 is 0. The lowest BCUT2D eigenvalue weighted by Gasteiger charge is -2.29. The Bertz CT molecular complexity index is 1270. The first kappa shape index (κ1) is 20.4. The van der Waals surface area contributed by atoms with Crippen molar-refractivity contribution in [2.24, 2.45) is 0 Å². The third kappa shape index (κ3) is 3.38. The first-order chi connectivity index (χ1) is 15.3. The number of aromatic carboxylic acids is 1.